The van der Waals surface area contributed by atoms with Gasteiger partial charge in [-0.1, -0.05) is 573 Å². The zero-order chi connectivity index (χ0) is 92.3. The van der Waals surface area contributed by atoms with Gasteiger partial charge in [0, 0.05) is 0 Å². The normalized spacial score (nSPS) is 8.13. The lowest BCUT2D eigenvalue weighted by Gasteiger charge is -1.98. The van der Waals surface area contributed by atoms with Crippen molar-refractivity contribution in [2.24, 2.45) is 0 Å². The van der Waals surface area contributed by atoms with Crippen molar-refractivity contribution in [1.82, 2.24) is 0 Å². The first-order chi connectivity index (χ1) is 57.0. The fourth-order valence-electron chi connectivity index (χ4n) is 9.37. The maximum absolute atomic E-state index is 2.20. The van der Waals surface area contributed by atoms with Crippen molar-refractivity contribution in [3.63, 3.8) is 0 Å². The Morgan fingerprint density at radius 1 is 0.103 bits per heavy atom. The Hall–Kier alpha value is -9.62. The number of hydrogen-bond donors (Lipinski definition) is 0. The zero-order valence-electron chi connectivity index (χ0n) is 83.9. The zero-order valence-corrected chi connectivity index (χ0v) is 83.9. The molecule has 0 N–H and O–H groups in total. The molecule has 14 rings (SSSR count). The maximum Gasteiger partial charge on any atom is -0.0155 e. The average Bonchev–Trinajstić information content (AvgIpc) is 0.868. The van der Waals surface area contributed by atoms with Crippen LogP contribution in [0.1, 0.15) is 280 Å². The van der Waals surface area contributed by atoms with Crippen LogP contribution >= 0.6 is 0 Å². The SMILES string of the molecule is CC.CC.CC.CC.CC.CC.CC.CC.CC.CC.CC.CC.CC.CC.CC.Cc1ccc(C)cc1.Cc1ccc(C)cc1.Cc1ccc2ccccc2c1.Cc1ccc2ccccc2c1.Cc1ccc2ccccc2c1.Cc1ccc2ccccc2c1.Cc1cccc(C)c1.Cc1cccc2ccccc12.Cc1ccccc1C. The molecule has 648 valence electrons. The van der Waals surface area contributed by atoms with Crippen molar-refractivity contribution in [2.45, 2.75) is 298 Å². The lowest BCUT2D eigenvalue weighted by Crippen LogP contribution is -1.75. The highest BCUT2D eigenvalue weighted by atomic mass is 14.0. The van der Waals surface area contributed by atoms with Gasteiger partial charge in [0.2, 0.25) is 0 Å². The molecule has 0 saturated heterocycles. The van der Waals surface area contributed by atoms with Crippen LogP contribution in [-0.2, 0) is 0 Å². The van der Waals surface area contributed by atoms with E-state index in [0.29, 0.717) is 0 Å². The summed E-state index contributed by atoms with van der Waals surface area (Å²) in [6.45, 7) is 87.4. The van der Waals surface area contributed by atoms with Gasteiger partial charge in [-0.15, -0.1) is 0 Å². The summed E-state index contributed by atoms with van der Waals surface area (Å²) < 4.78 is 0. The second-order valence-corrected chi connectivity index (χ2v) is 22.8. The maximum atomic E-state index is 2.20. The molecule has 0 aromatic heterocycles. The monoisotopic (exact) mass is 1590 g/mol. The van der Waals surface area contributed by atoms with Crippen molar-refractivity contribution >= 4 is 53.9 Å². The summed E-state index contributed by atoms with van der Waals surface area (Å²) in [5, 5.41) is 13.3. The number of aryl methyl sites for hydroxylation is 13. The number of fused-ring (bicyclic) bond motifs is 5. The highest BCUT2D eigenvalue weighted by Crippen LogP contribution is 2.19. The van der Waals surface area contributed by atoms with Gasteiger partial charge < -0.3 is 0 Å². The molecule has 0 aliphatic heterocycles. The molecule has 0 spiro atoms. The van der Waals surface area contributed by atoms with E-state index in [1.165, 1.54) is 126 Å². The number of benzene rings is 14. The van der Waals surface area contributed by atoms with Crippen molar-refractivity contribution in [2.75, 3.05) is 0 Å². The van der Waals surface area contributed by atoms with E-state index < -0.39 is 0 Å². The Morgan fingerprint density at radius 2 is 0.256 bits per heavy atom. The third-order valence-electron chi connectivity index (χ3n) is 14.7. The minimum Gasteiger partial charge on any atom is -0.0683 e. The molecule has 14 aromatic rings. The van der Waals surface area contributed by atoms with E-state index in [4.69, 9.17) is 0 Å². The van der Waals surface area contributed by atoms with Gasteiger partial charge in [-0.3, -0.25) is 0 Å². The summed E-state index contributed by atoms with van der Waals surface area (Å²) in [6, 6.07) is 108. The van der Waals surface area contributed by atoms with Gasteiger partial charge in [0.25, 0.3) is 0 Å². The highest BCUT2D eigenvalue weighted by molar-refractivity contribution is 5.86. The minimum atomic E-state index is 1.32. The lowest BCUT2D eigenvalue weighted by molar-refractivity contribution is 1.34. The van der Waals surface area contributed by atoms with Crippen LogP contribution in [0.15, 0.2) is 309 Å². The van der Waals surface area contributed by atoms with Crippen molar-refractivity contribution in [3.05, 3.63) is 382 Å². The molecule has 0 heterocycles. The van der Waals surface area contributed by atoms with Gasteiger partial charge in [0.05, 0.1) is 0 Å². The first kappa shape index (κ1) is 128. The second-order valence-electron chi connectivity index (χ2n) is 22.8. The highest BCUT2D eigenvalue weighted by Gasteiger charge is 1.95. The smallest absolute Gasteiger partial charge is 0.0155 e. The molecule has 0 saturated carbocycles. The molecule has 0 unspecified atom stereocenters. The van der Waals surface area contributed by atoms with Gasteiger partial charge in [-0.2, -0.15) is 0 Å². The van der Waals surface area contributed by atoms with Crippen LogP contribution in [0.2, 0.25) is 0 Å². The summed E-state index contributed by atoms with van der Waals surface area (Å²) in [7, 11) is 0. The molecule has 117 heavy (non-hydrogen) atoms. The van der Waals surface area contributed by atoms with Gasteiger partial charge >= 0.3 is 0 Å². The Bertz CT molecular complexity index is 3840. The van der Waals surface area contributed by atoms with Gasteiger partial charge in [-0.25, -0.2) is 0 Å². The Morgan fingerprint density at radius 3 is 0.453 bits per heavy atom. The first-order valence-corrected chi connectivity index (χ1v) is 45.4. The van der Waals surface area contributed by atoms with E-state index in [0.717, 1.165) is 0 Å². The summed E-state index contributed by atoms with van der Waals surface area (Å²) in [6.07, 6.45) is 0. The summed E-state index contributed by atoms with van der Waals surface area (Å²) >= 11 is 0. The van der Waals surface area contributed by atoms with Crippen LogP contribution in [0.4, 0.5) is 0 Å². The number of hydrogen-bond acceptors (Lipinski definition) is 0. The van der Waals surface area contributed by atoms with Crippen molar-refractivity contribution in [3.8, 4) is 0 Å². The van der Waals surface area contributed by atoms with E-state index in [9.17, 15) is 0 Å². The van der Waals surface area contributed by atoms with Crippen LogP contribution in [0, 0.1) is 90.0 Å². The quantitative estimate of drug-likeness (QED) is 0.142. The third kappa shape index (κ3) is 66.1. The van der Waals surface area contributed by atoms with E-state index in [-0.39, 0.29) is 0 Å². The van der Waals surface area contributed by atoms with Crippen molar-refractivity contribution in [1.29, 1.82) is 0 Å². The molecule has 0 heteroatoms. The molecule has 0 fully saturated rings. The third-order valence-corrected chi connectivity index (χ3v) is 14.7. The van der Waals surface area contributed by atoms with Crippen molar-refractivity contribution < 1.29 is 0 Å². The van der Waals surface area contributed by atoms with Gasteiger partial charge in [-0.05, 0) is 161 Å². The van der Waals surface area contributed by atoms with E-state index in [1.54, 1.807) is 0 Å². The van der Waals surface area contributed by atoms with Crippen LogP contribution in [-0.4, -0.2) is 0 Å². The molecule has 0 aliphatic carbocycles. The predicted molar refractivity (Wildman–Crippen MR) is 557 cm³/mol. The largest absolute Gasteiger partial charge is 0.0683 e. The summed E-state index contributed by atoms with van der Waals surface area (Å²) in [4.78, 5) is 0. The summed E-state index contributed by atoms with van der Waals surface area (Å²) in [5.41, 5.74) is 17.4. The molecule has 0 amide bonds. The fraction of sp³-hybridized carbons (Fsp3) is 0.368. The Labute approximate surface area is 728 Å². The number of rotatable bonds is 0. The Balaban J connectivity index is -0.000000132. The van der Waals surface area contributed by atoms with Crippen LogP contribution < -0.4 is 0 Å². The topological polar surface area (TPSA) is 0 Å². The molecule has 0 atom stereocenters. The average molecular weight is 1590 g/mol. The van der Waals surface area contributed by atoms with Crippen LogP contribution in [0.3, 0.4) is 0 Å². The molecular formula is C117H180. The molecule has 0 bridgehead atoms. The second kappa shape index (κ2) is 97.0. The molecule has 0 aliphatic rings. The first-order valence-electron chi connectivity index (χ1n) is 45.4. The van der Waals surface area contributed by atoms with E-state index >= 15 is 0 Å². The van der Waals surface area contributed by atoms with E-state index in [2.05, 4.69) is 399 Å². The summed E-state index contributed by atoms with van der Waals surface area (Å²) in [5.74, 6) is 0. The molecular weight excluding hydrogens is 1410 g/mol. The van der Waals surface area contributed by atoms with Gasteiger partial charge in [0.1, 0.15) is 0 Å². The minimum absolute atomic E-state index is 1.32. The van der Waals surface area contributed by atoms with E-state index in [1.807, 2.05) is 208 Å². The molecule has 0 radical (unpaired) electrons. The molecule has 14 aromatic carbocycles. The lowest BCUT2D eigenvalue weighted by atomic mass is 10.1. The van der Waals surface area contributed by atoms with Gasteiger partial charge in [0.15, 0.2) is 0 Å². The predicted octanol–water partition coefficient (Wildman–Crippen LogP) is 40.3. The van der Waals surface area contributed by atoms with Crippen LogP contribution in [0.5, 0.6) is 0 Å². The molecule has 0 nitrogen and oxygen atoms in total. The fourth-order valence-corrected chi connectivity index (χ4v) is 9.37. The standard InChI is InChI=1S/5C11H10.4C8H10.15C2H6/c1-9-5-4-7-10-6-2-3-8-11(9)10;4*1-9-6-7-10-4-2-3-5-11(10)8-9;2*1-7-3-5-8(2)6-4-7;1-7-4-3-5-8(2)6-7;1-7-5-3-4-6-8(7)2;15*1-2/h5*2-8H,1H3;4*3-6H,1-2H3;15*1-2H3. The Kier molecular flexibility index (Phi) is 106. The van der Waals surface area contributed by atoms with Crippen LogP contribution in [0.25, 0.3) is 53.9 Å².